The van der Waals surface area contributed by atoms with Gasteiger partial charge in [0.15, 0.2) is 0 Å². The van der Waals surface area contributed by atoms with Crippen LogP contribution in [0.25, 0.3) is 0 Å². The van der Waals surface area contributed by atoms with Crippen molar-refractivity contribution in [1.82, 2.24) is 0 Å². The number of aliphatic hydroxyl groups is 2. The normalized spacial score (nSPS) is 36.7. The van der Waals surface area contributed by atoms with Crippen molar-refractivity contribution in [2.24, 2.45) is 23.7 Å². The van der Waals surface area contributed by atoms with E-state index in [0.717, 1.165) is 50.5 Å². The van der Waals surface area contributed by atoms with Crippen LogP contribution in [0.3, 0.4) is 0 Å². The van der Waals surface area contributed by atoms with E-state index in [1.165, 1.54) is 6.08 Å². The number of ether oxygens (including phenoxy) is 2. The number of carbonyl (C=O) groups excluding carboxylic acids is 1. The highest BCUT2D eigenvalue weighted by Gasteiger charge is 2.29. The molecule has 0 aromatic carbocycles. The van der Waals surface area contributed by atoms with Gasteiger partial charge in [0.05, 0.1) is 18.3 Å². The van der Waals surface area contributed by atoms with E-state index >= 15 is 0 Å². The monoisotopic (exact) mass is 526 g/mol. The minimum absolute atomic E-state index is 0.0330. The second kappa shape index (κ2) is 15.6. The van der Waals surface area contributed by atoms with Gasteiger partial charge in [-0.25, -0.2) is 4.79 Å². The third-order valence-electron chi connectivity index (χ3n) is 8.45. The van der Waals surface area contributed by atoms with Crippen LogP contribution in [0.2, 0.25) is 0 Å². The minimum Gasteiger partial charge on any atom is -0.456 e. The van der Waals surface area contributed by atoms with Crippen LogP contribution in [0, 0.1) is 23.7 Å². The highest BCUT2D eigenvalue weighted by atomic mass is 16.6. The minimum atomic E-state index is -0.901. The van der Waals surface area contributed by atoms with Crippen LogP contribution >= 0.6 is 0 Å². The van der Waals surface area contributed by atoms with E-state index in [2.05, 4.69) is 50.8 Å². The highest BCUT2D eigenvalue weighted by molar-refractivity contribution is 5.82. The lowest BCUT2D eigenvalue weighted by molar-refractivity contribution is -0.148. The third-order valence-corrected chi connectivity index (χ3v) is 8.45. The Morgan fingerprint density at radius 2 is 1.76 bits per heavy atom. The summed E-state index contributed by atoms with van der Waals surface area (Å²) in [4.78, 5) is 12.8. The number of cyclic esters (lactones) is 1. The quantitative estimate of drug-likeness (QED) is 0.319. The Labute approximate surface area is 230 Å². The summed E-state index contributed by atoms with van der Waals surface area (Å²) in [5, 5.41) is 22.1. The second-order valence-corrected chi connectivity index (χ2v) is 12.0. The average molecular weight is 527 g/mol. The standard InChI is InChI=1S/C33H50O5/c1-23-19-24(2)21-31(35)26(4)25(3)22-32(30(34)18-17-27-11-7-5-6-8-12-27)38-33(36)16-10-14-28-13-9-15-29(20-23)37-28/h5-6,9-10,13,16-18,23,25-32,34-35H,2,7-8,11-12,14-15,19-22H2,1,3-4H3/b16-10-,18-17+/t23?,25-,26?,28?,29?,30?,31-,32?/m0/s1. The number of aliphatic hydroxyl groups excluding tert-OH is 2. The molecule has 0 aromatic rings. The van der Waals surface area contributed by atoms with Crippen LogP contribution in [0.4, 0.5) is 0 Å². The maximum Gasteiger partial charge on any atom is 0.330 e. The van der Waals surface area contributed by atoms with Crippen LogP contribution in [-0.2, 0) is 14.3 Å². The average Bonchev–Trinajstić information content (AvgIpc) is 3.14. The molecule has 0 aromatic heterocycles. The lowest BCUT2D eigenvalue weighted by Gasteiger charge is -2.31. The highest BCUT2D eigenvalue weighted by Crippen LogP contribution is 2.30. The molecule has 2 N–H and O–H groups in total. The van der Waals surface area contributed by atoms with Gasteiger partial charge in [-0.1, -0.05) is 75.5 Å². The van der Waals surface area contributed by atoms with Crippen molar-refractivity contribution in [1.29, 1.82) is 0 Å². The summed E-state index contributed by atoms with van der Waals surface area (Å²) < 4.78 is 12.1. The first kappa shape index (κ1) is 30.6. The fourth-order valence-corrected chi connectivity index (χ4v) is 5.90. The molecule has 38 heavy (non-hydrogen) atoms. The summed E-state index contributed by atoms with van der Waals surface area (Å²) in [5.74, 6) is 0.377. The molecule has 0 radical (unpaired) electrons. The van der Waals surface area contributed by atoms with Gasteiger partial charge in [-0.2, -0.15) is 0 Å². The Kier molecular flexibility index (Phi) is 12.6. The van der Waals surface area contributed by atoms with E-state index < -0.39 is 24.3 Å². The SMILES string of the molecule is C=C1CC(C)CC2CC=CC(C/C=C\C(=O)OC(C(O)/C=C/C3CCC=CCC3)C[C@H](C)C(C)[C@@H](O)C1)O2. The third kappa shape index (κ3) is 10.3. The molecule has 0 saturated carbocycles. The number of carbonyl (C=O) groups is 1. The first-order valence-electron chi connectivity index (χ1n) is 14.8. The van der Waals surface area contributed by atoms with Gasteiger partial charge in [0.1, 0.15) is 12.2 Å². The van der Waals surface area contributed by atoms with Crippen molar-refractivity contribution in [2.45, 2.75) is 115 Å². The molecule has 8 atom stereocenters. The molecule has 5 nitrogen and oxygen atoms in total. The lowest BCUT2D eigenvalue weighted by Crippen LogP contribution is -2.35. The molecule has 5 heteroatoms. The second-order valence-electron chi connectivity index (χ2n) is 12.0. The smallest absolute Gasteiger partial charge is 0.330 e. The van der Waals surface area contributed by atoms with E-state index in [1.807, 2.05) is 19.1 Å². The first-order valence-corrected chi connectivity index (χ1v) is 14.8. The zero-order valence-corrected chi connectivity index (χ0v) is 23.7. The van der Waals surface area contributed by atoms with Gasteiger partial charge >= 0.3 is 5.97 Å². The molecule has 2 bridgehead atoms. The van der Waals surface area contributed by atoms with Crippen LogP contribution in [0.1, 0.15) is 85.0 Å². The van der Waals surface area contributed by atoms with Gasteiger partial charge < -0.3 is 19.7 Å². The van der Waals surface area contributed by atoms with Crippen molar-refractivity contribution in [2.75, 3.05) is 0 Å². The summed E-state index contributed by atoms with van der Waals surface area (Å²) in [6.45, 7) is 10.6. The van der Waals surface area contributed by atoms with Crippen molar-refractivity contribution in [3.63, 3.8) is 0 Å². The van der Waals surface area contributed by atoms with Gasteiger partial charge in [0, 0.05) is 6.08 Å². The summed E-state index contributed by atoms with van der Waals surface area (Å²) in [5.41, 5.74) is 1.06. The van der Waals surface area contributed by atoms with Crippen LogP contribution in [0.5, 0.6) is 0 Å². The Morgan fingerprint density at radius 1 is 1.03 bits per heavy atom. The van der Waals surface area contributed by atoms with Gasteiger partial charge in [-0.15, -0.1) is 0 Å². The lowest BCUT2D eigenvalue weighted by atomic mass is 9.82. The molecule has 0 spiro atoms. The molecule has 2 heterocycles. The molecule has 0 saturated heterocycles. The van der Waals surface area contributed by atoms with E-state index in [1.54, 1.807) is 0 Å². The van der Waals surface area contributed by atoms with Gasteiger partial charge in [0.25, 0.3) is 0 Å². The Bertz CT molecular complexity index is 861. The fourth-order valence-electron chi connectivity index (χ4n) is 5.90. The first-order chi connectivity index (χ1) is 18.2. The van der Waals surface area contributed by atoms with Crippen LogP contribution < -0.4 is 0 Å². The van der Waals surface area contributed by atoms with E-state index in [9.17, 15) is 15.0 Å². The molecule has 6 unspecified atom stereocenters. The largest absolute Gasteiger partial charge is 0.456 e. The molecule has 3 aliphatic rings. The molecule has 2 aliphatic heterocycles. The number of hydrogen-bond acceptors (Lipinski definition) is 5. The van der Waals surface area contributed by atoms with E-state index in [4.69, 9.17) is 9.47 Å². The molecule has 212 valence electrons. The van der Waals surface area contributed by atoms with E-state index in [0.29, 0.717) is 31.1 Å². The predicted molar refractivity (Wildman–Crippen MR) is 153 cm³/mol. The number of esters is 1. The van der Waals surface area contributed by atoms with Crippen molar-refractivity contribution < 1.29 is 24.5 Å². The Hall–Kier alpha value is -1.95. The summed E-state index contributed by atoms with van der Waals surface area (Å²) in [7, 11) is 0. The summed E-state index contributed by atoms with van der Waals surface area (Å²) >= 11 is 0. The molecular weight excluding hydrogens is 476 g/mol. The summed E-state index contributed by atoms with van der Waals surface area (Å²) in [6.07, 6.45) is 22.3. The Morgan fingerprint density at radius 3 is 2.50 bits per heavy atom. The van der Waals surface area contributed by atoms with Crippen molar-refractivity contribution >= 4 is 5.97 Å². The maximum atomic E-state index is 12.8. The number of allylic oxidation sites excluding steroid dienone is 3. The van der Waals surface area contributed by atoms with Crippen LogP contribution in [0.15, 0.2) is 60.8 Å². The van der Waals surface area contributed by atoms with Crippen molar-refractivity contribution in [3.05, 3.63) is 60.8 Å². The number of hydrogen-bond donors (Lipinski definition) is 2. The summed E-state index contributed by atoms with van der Waals surface area (Å²) in [6, 6.07) is 0. The number of fused-ring (bicyclic) bond motifs is 2. The van der Waals surface area contributed by atoms with Crippen molar-refractivity contribution in [3.8, 4) is 0 Å². The van der Waals surface area contributed by atoms with Gasteiger partial charge in [-0.05, 0) is 87.9 Å². The topological polar surface area (TPSA) is 76.0 Å². The zero-order valence-electron chi connectivity index (χ0n) is 23.7. The molecule has 1 aliphatic carbocycles. The van der Waals surface area contributed by atoms with Gasteiger partial charge in [0.2, 0.25) is 0 Å². The fraction of sp³-hybridized carbons (Fsp3) is 0.667. The predicted octanol–water partition coefficient (Wildman–Crippen LogP) is 6.62. The van der Waals surface area contributed by atoms with Crippen LogP contribution in [-0.4, -0.2) is 46.7 Å². The van der Waals surface area contributed by atoms with E-state index in [-0.39, 0.29) is 24.0 Å². The molecule has 0 fully saturated rings. The molecular formula is C33H50O5. The Balaban J connectivity index is 1.74. The maximum absolute atomic E-state index is 12.8. The molecule has 0 amide bonds. The molecule has 3 rings (SSSR count). The zero-order chi connectivity index (χ0) is 27.5. The number of rotatable bonds is 3. The van der Waals surface area contributed by atoms with Gasteiger partial charge in [-0.3, -0.25) is 0 Å².